The Morgan fingerprint density at radius 3 is 2.43 bits per heavy atom. The Labute approximate surface area is 93.4 Å². The van der Waals surface area contributed by atoms with Gasteiger partial charge in [0.15, 0.2) is 0 Å². The van der Waals surface area contributed by atoms with Crippen LogP contribution in [0.3, 0.4) is 0 Å². The molecule has 0 unspecified atom stereocenters. The number of hydrogen-bond donors (Lipinski definition) is 4. The molecule has 1 fully saturated rings. The molecular weight excluding hydrogens is 224 g/mol. The molecule has 6 nitrogen and oxygen atoms in total. The van der Waals surface area contributed by atoms with E-state index in [2.05, 4.69) is 10.4 Å². The standard InChI is InChI=1S/C6H14N6S.ClH/c7-5(8)10-6(9)11-12-1-3-13-4-2-12;/h1-4H2,(H6,7,8,9,10,11);1H. The first-order chi connectivity index (χ1) is 6.18. The van der Waals surface area contributed by atoms with Gasteiger partial charge in [-0.25, -0.2) is 5.01 Å². The maximum atomic E-state index is 6.89. The van der Waals surface area contributed by atoms with Crippen molar-refractivity contribution in [1.82, 2.24) is 10.4 Å². The molecule has 0 radical (unpaired) electrons. The van der Waals surface area contributed by atoms with E-state index < -0.39 is 0 Å². The van der Waals surface area contributed by atoms with Gasteiger partial charge in [0.1, 0.15) is 0 Å². The number of nitrogens with zero attached hydrogens (tertiary/aromatic N) is 2. The molecule has 0 spiro atoms. The number of thioether (sulfide) groups is 1. The van der Waals surface area contributed by atoms with E-state index >= 15 is 0 Å². The predicted molar refractivity (Wildman–Crippen MR) is 62.8 cm³/mol. The van der Waals surface area contributed by atoms with Gasteiger partial charge < -0.3 is 11.5 Å². The Morgan fingerprint density at radius 1 is 1.36 bits per heavy atom. The SMILES string of the molecule is Cl.N=C(N)/N=C(\N)NN1CCSCC1. The summed E-state index contributed by atoms with van der Waals surface area (Å²) in [4.78, 5) is 3.57. The molecule has 0 amide bonds. The summed E-state index contributed by atoms with van der Waals surface area (Å²) in [5, 5.41) is 8.86. The minimum atomic E-state index is -0.281. The number of nitrogens with one attached hydrogen (secondary N) is 2. The predicted octanol–water partition coefficient (Wildman–Crippen LogP) is -0.830. The van der Waals surface area contributed by atoms with E-state index in [1.54, 1.807) is 0 Å². The summed E-state index contributed by atoms with van der Waals surface area (Å²) in [6.07, 6.45) is 0. The van der Waals surface area contributed by atoms with Crippen LogP contribution in [0.1, 0.15) is 0 Å². The molecule has 1 heterocycles. The fourth-order valence-electron chi connectivity index (χ4n) is 0.992. The topological polar surface area (TPSA) is 104 Å². The number of hydrazine groups is 1. The number of halogens is 1. The quantitative estimate of drug-likeness (QED) is 0.353. The van der Waals surface area contributed by atoms with Crippen LogP contribution in [-0.2, 0) is 0 Å². The van der Waals surface area contributed by atoms with E-state index in [0.717, 1.165) is 24.6 Å². The Balaban J connectivity index is 0.00000169. The van der Waals surface area contributed by atoms with E-state index in [1.807, 2.05) is 16.8 Å². The monoisotopic (exact) mass is 238 g/mol. The van der Waals surface area contributed by atoms with Gasteiger partial charge in [-0.15, -0.1) is 12.4 Å². The second-order valence-electron chi connectivity index (χ2n) is 2.59. The molecule has 1 saturated heterocycles. The van der Waals surface area contributed by atoms with Crippen molar-refractivity contribution in [2.75, 3.05) is 24.6 Å². The third-order valence-corrected chi connectivity index (χ3v) is 2.47. The molecule has 1 aliphatic rings. The molecule has 0 aromatic carbocycles. The molecule has 0 aliphatic carbocycles. The molecule has 0 atom stereocenters. The van der Waals surface area contributed by atoms with Crippen molar-refractivity contribution in [2.45, 2.75) is 0 Å². The van der Waals surface area contributed by atoms with Crippen LogP contribution in [0, 0.1) is 5.41 Å². The van der Waals surface area contributed by atoms with Gasteiger partial charge in [0.05, 0.1) is 0 Å². The van der Waals surface area contributed by atoms with Crippen molar-refractivity contribution in [2.24, 2.45) is 16.5 Å². The van der Waals surface area contributed by atoms with Crippen molar-refractivity contribution < 1.29 is 0 Å². The molecule has 6 N–H and O–H groups in total. The minimum absolute atomic E-state index is 0. The molecule has 0 saturated carbocycles. The maximum absolute atomic E-state index is 6.89. The number of nitrogens with two attached hydrogens (primary N) is 2. The Kier molecular flexibility index (Phi) is 6.43. The van der Waals surface area contributed by atoms with Crippen LogP contribution < -0.4 is 16.9 Å². The minimum Gasteiger partial charge on any atom is -0.368 e. The molecule has 82 valence electrons. The highest BCUT2D eigenvalue weighted by atomic mass is 35.5. The van der Waals surface area contributed by atoms with Crippen LogP contribution in [-0.4, -0.2) is 41.5 Å². The first-order valence-electron chi connectivity index (χ1n) is 3.96. The number of guanidine groups is 2. The second kappa shape index (κ2) is 6.74. The van der Waals surface area contributed by atoms with Crippen molar-refractivity contribution in [3.8, 4) is 0 Å². The zero-order valence-electron chi connectivity index (χ0n) is 7.69. The van der Waals surface area contributed by atoms with Gasteiger partial charge in [0.25, 0.3) is 0 Å². The van der Waals surface area contributed by atoms with Gasteiger partial charge in [0.2, 0.25) is 11.9 Å². The van der Waals surface area contributed by atoms with Gasteiger partial charge in [-0.3, -0.25) is 10.8 Å². The van der Waals surface area contributed by atoms with Crippen molar-refractivity contribution in [3.05, 3.63) is 0 Å². The summed E-state index contributed by atoms with van der Waals surface area (Å²) < 4.78 is 0. The summed E-state index contributed by atoms with van der Waals surface area (Å²) in [7, 11) is 0. The van der Waals surface area contributed by atoms with Crippen molar-refractivity contribution >= 4 is 36.1 Å². The summed E-state index contributed by atoms with van der Waals surface area (Å²) in [6, 6.07) is 0. The molecule has 1 aliphatic heterocycles. The van der Waals surface area contributed by atoms with E-state index in [1.165, 1.54) is 0 Å². The highest BCUT2D eigenvalue weighted by Gasteiger charge is 2.10. The lowest BCUT2D eigenvalue weighted by Gasteiger charge is -2.26. The van der Waals surface area contributed by atoms with Crippen LogP contribution in [0.2, 0.25) is 0 Å². The first-order valence-corrected chi connectivity index (χ1v) is 5.11. The fourth-order valence-corrected chi connectivity index (χ4v) is 1.90. The summed E-state index contributed by atoms with van der Waals surface area (Å²) in [5.41, 5.74) is 13.4. The molecule has 0 aromatic heterocycles. The highest BCUT2D eigenvalue weighted by Crippen LogP contribution is 2.06. The van der Waals surface area contributed by atoms with Gasteiger partial charge in [-0.05, 0) is 0 Å². The summed E-state index contributed by atoms with van der Waals surface area (Å²) in [6.45, 7) is 1.86. The zero-order chi connectivity index (χ0) is 9.68. The van der Waals surface area contributed by atoms with E-state index in [4.69, 9.17) is 16.9 Å². The molecule has 0 bridgehead atoms. The third kappa shape index (κ3) is 5.15. The van der Waals surface area contributed by atoms with E-state index in [-0.39, 0.29) is 24.3 Å². The van der Waals surface area contributed by atoms with Gasteiger partial charge in [0, 0.05) is 24.6 Å². The fraction of sp³-hybridized carbons (Fsp3) is 0.667. The average Bonchev–Trinajstić information content (AvgIpc) is 2.04. The Morgan fingerprint density at radius 2 is 1.93 bits per heavy atom. The van der Waals surface area contributed by atoms with E-state index in [0.29, 0.717) is 0 Å². The lowest BCUT2D eigenvalue weighted by molar-refractivity contribution is 0.260. The molecule has 1 rings (SSSR count). The summed E-state index contributed by atoms with van der Waals surface area (Å²) in [5.74, 6) is 2.07. The van der Waals surface area contributed by atoms with E-state index in [9.17, 15) is 0 Å². The van der Waals surface area contributed by atoms with Crippen LogP contribution in [0.4, 0.5) is 0 Å². The number of rotatable bonds is 1. The Bertz CT molecular complexity index is 214. The maximum Gasteiger partial charge on any atom is 0.215 e. The molecule has 14 heavy (non-hydrogen) atoms. The van der Waals surface area contributed by atoms with Crippen LogP contribution in [0.5, 0.6) is 0 Å². The van der Waals surface area contributed by atoms with Gasteiger partial charge in [-0.2, -0.15) is 16.8 Å². The first kappa shape index (κ1) is 13.3. The molecular formula is C6H15ClN6S. The van der Waals surface area contributed by atoms with Crippen molar-refractivity contribution in [1.29, 1.82) is 5.41 Å². The summed E-state index contributed by atoms with van der Waals surface area (Å²) >= 11 is 1.91. The van der Waals surface area contributed by atoms with Crippen molar-refractivity contribution in [3.63, 3.8) is 0 Å². The largest absolute Gasteiger partial charge is 0.368 e. The van der Waals surface area contributed by atoms with Gasteiger partial charge >= 0.3 is 0 Å². The normalized spacial score (nSPS) is 18.4. The second-order valence-corrected chi connectivity index (χ2v) is 3.82. The lowest BCUT2D eigenvalue weighted by Crippen LogP contribution is -2.49. The molecule has 0 aromatic rings. The van der Waals surface area contributed by atoms with Crippen LogP contribution >= 0.6 is 24.2 Å². The lowest BCUT2D eigenvalue weighted by atomic mass is 10.6. The number of hydrogen-bond acceptors (Lipinski definition) is 3. The van der Waals surface area contributed by atoms with Gasteiger partial charge in [-0.1, -0.05) is 0 Å². The molecule has 8 heteroatoms. The highest BCUT2D eigenvalue weighted by molar-refractivity contribution is 7.99. The smallest absolute Gasteiger partial charge is 0.215 e. The number of aliphatic imine (C=N–C) groups is 1. The van der Waals surface area contributed by atoms with Crippen LogP contribution in [0.25, 0.3) is 0 Å². The van der Waals surface area contributed by atoms with Crippen LogP contribution in [0.15, 0.2) is 4.99 Å². The Hall–Kier alpha value is -0.660. The third-order valence-electron chi connectivity index (χ3n) is 1.52. The average molecular weight is 239 g/mol. The zero-order valence-corrected chi connectivity index (χ0v) is 9.33.